The first kappa shape index (κ1) is 18.1. The Kier molecular flexibility index (Phi) is 5.68. The summed E-state index contributed by atoms with van der Waals surface area (Å²) in [7, 11) is 0. The molecule has 5 nitrogen and oxygen atoms in total. The zero-order valence-electron chi connectivity index (χ0n) is 14.8. The van der Waals surface area contributed by atoms with Gasteiger partial charge in [-0.2, -0.15) is 4.98 Å². The van der Waals surface area contributed by atoms with Gasteiger partial charge in [0.15, 0.2) is 0 Å². The number of nitrogens with one attached hydrogen (secondary N) is 1. The topological polar surface area (TPSA) is 68.0 Å². The summed E-state index contributed by atoms with van der Waals surface area (Å²) in [6, 6.07) is 13.2. The lowest BCUT2D eigenvalue weighted by Gasteiger charge is -2.07. The highest BCUT2D eigenvalue weighted by Crippen LogP contribution is 2.19. The maximum absolute atomic E-state index is 12.1. The summed E-state index contributed by atoms with van der Waals surface area (Å²) in [6.07, 6.45) is 1.59. The second kappa shape index (κ2) is 8.15. The predicted octanol–water partition coefficient (Wildman–Crippen LogP) is 4.97. The number of amides is 1. The van der Waals surface area contributed by atoms with E-state index in [2.05, 4.69) is 21.5 Å². The molecule has 0 radical (unpaired) electrons. The summed E-state index contributed by atoms with van der Waals surface area (Å²) in [4.78, 5) is 16.5. The van der Waals surface area contributed by atoms with Gasteiger partial charge in [-0.1, -0.05) is 22.8 Å². The van der Waals surface area contributed by atoms with E-state index in [1.165, 1.54) is 0 Å². The lowest BCUT2D eigenvalue weighted by molar-refractivity contribution is -0.116. The number of halogens is 1. The molecule has 1 amide bonds. The van der Waals surface area contributed by atoms with Gasteiger partial charge in [0.2, 0.25) is 17.6 Å². The van der Waals surface area contributed by atoms with Gasteiger partial charge in [-0.3, -0.25) is 4.79 Å². The Morgan fingerprint density at radius 1 is 1.12 bits per heavy atom. The average Bonchev–Trinajstić information content (AvgIpc) is 3.03. The van der Waals surface area contributed by atoms with Gasteiger partial charge in [-0.05, 0) is 67.8 Å². The molecule has 0 saturated heterocycles. The molecule has 0 atom stereocenters. The molecule has 0 spiro atoms. The van der Waals surface area contributed by atoms with Crippen molar-refractivity contribution >= 4 is 23.2 Å². The molecular weight excluding hydrogens is 350 g/mol. The molecule has 6 heteroatoms. The van der Waals surface area contributed by atoms with Crippen molar-refractivity contribution in [1.82, 2.24) is 10.1 Å². The second-order valence-corrected chi connectivity index (χ2v) is 6.73. The van der Waals surface area contributed by atoms with Gasteiger partial charge >= 0.3 is 0 Å². The van der Waals surface area contributed by atoms with E-state index in [1.54, 1.807) is 12.1 Å². The Bertz CT molecular complexity index is 883. The zero-order valence-corrected chi connectivity index (χ0v) is 15.5. The first-order chi connectivity index (χ1) is 12.5. The van der Waals surface area contributed by atoms with Gasteiger partial charge in [0, 0.05) is 29.1 Å². The highest BCUT2D eigenvalue weighted by molar-refractivity contribution is 6.30. The normalized spacial score (nSPS) is 10.7. The Balaban J connectivity index is 1.50. The number of aryl methyl sites for hydroxylation is 3. The molecule has 0 aliphatic heterocycles. The van der Waals surface area contributed by atoms with Gasteiger partial charge in [0.05, 0.1) is 0 Å². The van der Waals surface area contributed by atoms with Crippen molar-refractivity contribution < 1.29 is 9.32 Å². The van der Waals surface area contributed by atoms with E-state index in [4.69, 9.17) is 16.1 Å². The fourth-order valence-corrected chi connectivity index (χ4v) is 2.87. The van der Waals surface area contributed by atoms with Gasteiger partial charge in [-0.15, -0.1) is 0 Å². The molecule has 134 valence electrons. The zero-order chi connectivity index (χ0) is 18.5. The molecule has 0 bridgehead atoms. The van der Waals surface area contributed by atoms with Crippen molar-refractivity contribution in [3.63, 3.8) is 0 Å². The minimum Gasteiger partial charge on any atom is -0.339 e. The van der Waals surface area contributed by atoms with Crippen LogP contribution >= 0.6 is 11.6 Å². The van der Waals surface area contributed by atoms with Crippen molar-refractivity contribution in [3.8, 4) is 11.4 Å². The quantitative estimate of drug-likeness (QED) is 0.666. The monoisotopic (exact) mass is 369 g/mol. The number of rotatable bonds is 6. The van der Waals surface area contributed by atoms with E-state index in [0.717, 1.165) is 22.4 Å². The fourth-order valence-electron chi connectivity index (χ4n) is 2.74. The van der Waals surface area contributed by atoms with Crippen LogP contribution < -0.4 is 5.32 Å². The third kappa shape index (κ3) is 4.92. The van der Waals surface area contributed by atoms with Crippen molar-refractivity contribution in [1.29, 1.82) is 0 Å². The van der Waals surface area contributed by atoms with Crippen LogP contribution in [0.15, 0.2) is 47.0 Å². The second-order valence-electron chi connectivity index (χ2n) is 6.30. The van der Waals surface area contributed by atoms with E-state index in [1.807, 2.05) is 38.1 Å². The molecule has 26 heavy (non-hydrogen) atoms. The smallest absolute Gasteiger partial charge is 0.226 e. The van der Waals surface area contributed by atoms with Crippen LogP contribution in [0.25, 0.3) is 11.4 Å². The van der Waals surface area contributed by atoms with Crippen LogP contribution in [-0.2, 0) is 11.2 Å². The summed E-state index contributed by atoms with van der Waals surface area (Å²) in [6.45, 7) is 4.02. The van der Waals surface area contributed by atoms with Crippen molar-refractivity contribution in [2.75, 3.05) is 5.32 Å². The highest BCUT2D eigenvalue weighted by Gasteiger charge is 2.10. The molecule has 0 aliphatic rings. The molecule has 0 aliphatic carbocycles. The number of carbonyl (C=O) groups is 1. The van der Waals surface area contributed by atoms with Gasteiger partial charge in [-0.25, -0.2) is 0 Å². The molecular formula is C20H20ClN3O2. The molecule has 3 aromatic rings. The molecule has 2 aromatic carbocycles. The number of benzene rings is 2. The van der Waals surface area contributed by atoms with E-state index >= 15 is 0 Å². The van der Waals surface area contributed by atoms with Crippen molar-refractivity contribution in [2.24, 2.45) is 0 Å². The first-order valence-corrected chi connectivity index (χ1v) is 8.84. The van der Waals surface area contributed by atoms with Crippen LogP contribution in [0.2, 0.25) is 5.02 Å². The number of hydrogen-bond acceptors (Lipinski definition) is 4. The van der Waals surface area contributed by atoms with Crippen LogP contribution in [-0.4, -0.2) is 16.0 Å². The number of anilines is 1. The highest BCUT2D eigenvalue weighted by atomic mass is 35.5. The Hall–Kier alpha value is -2.66. The fraction of sp³-hybridized carbons (Fsp3) is 0.250. The molecule has 3 rings (SSSR count). The Morgan fingerprint density at radius 2 is 1.81 bits per heavy atom. The molecule has 1 aromatic heterocycles. The average molecular weight is 370 g/mol. The van der Waals surface area contributed by atoms with Crippen LogP contribution in [0.1, 0.15) is 29.9 Å². The first-order valence-electron chi connectivity index (χ1n) is 8.46. The van der Waals surface area contributed by atoms with Crippen molar-refractivity contribution in [3.05, 3.63) is 64.5 Å². The maximum Gasteiger partial charge on any atom is 0.226 e. The van der Waals surface area contributed by atoms with Crippen LogP contribution in [0, 0.1) is 13.8 Å². The van der Waals surface area contributed by atoms with Crippen LogP contribution in [0.5, 0.6) is 0 Å². The number of carbonyl (C=O) groups excluding carboxylic acids is 1. The van der Waals surface area contributed by atoms with Crippen molar-refractivity contribution in [2.45, 2.75) is 33.1 Å². The third-order valence-corrected chi connectivity index (χ3v) is 4.12. The van der Waals surface area contributed by atoms with Gasteiger partial charge in [0.1, 0.15) is 0 Å². The Morgan fingerprint density at radius 3 is 2.50 bits per heavy atom. The lowest BCUT2D eigenvalue weighted by Crippen LogP contribution is -2.11. The number of nitrogens with zero attached hydrogens (tertiary/aromatic N) is 2. The SMILES string of the molecule is Cc1cc(C)cc(NC(=O)CCCc2nc(-c3ccc(Cl)cc3)no2)c1. The Labute approximate surface area is 157 Å². The summed E-state index contributed by atoms with van der Waals surface area (Å²) in [5.41, 5.74) is 3.93. The van der Waals surface area contributed by atoms with Crippen LogP contribution in [0.3, 0.4) is 0 Å². The van der Waals surface area contributed by atoms with E-state index in [-0.39, 0.29) is 5.91 Å². The number of hydrogen-bond donors (Lipinski definition) is 1. The van der Waals surface area contributed by atoms with Gasteiger partial charge < -0.3 is 9.84 Å². The van der Waals surface area contributed by atoms with Crippen LogP contribution in [0.4, 0.5) is 5.69 Å². The lowest BCUT2D eigenvalue weighted by atomic mass is 10.1. The molecule has 1 N–H and O–H groups in total. The molecule has 0 fully saturated rings. The van der Waals surface area contributed by atoms with Gasteiger partial charge in [0.25, 0.3) is 0 Å². The predicted molar refractivity (Wildman–Crippen MR) is 102 cm³/mol. The molecule has 1 heterocycles. The summed E-state index contributed by atoms with van der Waals surface area (Å²) < 4.78 is 5.26. The summed E-state index contributed by atoms with van der Waals surface area (Å²) in [5.74, 6) is 1.03. The minimum atomic E-state index is -0.0209. The maximum atomic E-state index is 12.1. The van der Waals surface area contributed by atoms with E-state index in [9.17, 15) is 4.79 Å². The minimum absolute atomic E-state index is 0.0209. The number of aromatic nitrogens is 2. The largest absolute Gasteiger partial charge is 0.339 e. The third-order valence-electron chi connectivity index (χ3n) is 3.87. The molecule has 0 saturated carbocycles. The van der Waals surface area contributed by atoms with E-state index < -0.39 is 0 Å². The standard InChI is InChI=1S/C20H20ClN3O2/c1-13-10-14(2)12-17(11-13)22-18(25)4-3-5-19-23-20(24-26-19)15-6-8-16(21)9-7-15/h6-12H,3-5H2,1-2H3,(H,22,25). The molecule has 0 unspecified atom stereocenters. The summed E-state index contributed by atoms with van der Waals surface area (Å²) in [5, 5.41) is 7.56. The summed E-state index contributed by atoms with van der Waals surface area (Å²) >= 11 is 5.88. The van der Waals surface area contributed by atoms with E-state index in [0.29, 0.717) is 36.0 Å².